The fourth-order valence-electron chi connectivity index (χ4n) is 2.82. The zero-order valence-electron chi connectivity index (χ0n) is 11.4. The highest BCUT2D eigenvalue weighted by Crippen LogP contribution is 2.41. The van der Waals surface area contributed by atoms with Crippen LogP contribution in [0.5, 0.6) is 0 Å². The number of rotatable bonds is 6. The standard InChI is InChI=1S/C12H28O2Si2/c1-12(2,10-8-6-5-7-9-10)11(13-15-3)14-16-4/h10-11H,5-9,15-16H2,1-4H3. The van der Waals surface area contributed by atoms with E-state index >= 15 is 0 Å². The quantitative estimate of drug-likeness (QED) is 0.538. The van der Waals surface area contributed by atoms with Crippen molar-refractivity contribution in [1.29, 1.82) is 0 Å². The first-order valence-electron chi connectivity index (χ1n) is 6.86. The van der Waals surface area contributed by atoms with E-state index in [1.165, 1.54) is 32.1 Å². The topological polar surface area (TPSA) is 18.5 Å². The molecule has 0 spiro atoms. The Morgan fingerprint density at radius 3 is 1.94 bits per heavy atom. The molecule has 0 radical (unpaired) electrons. The van der Waals surface area contributed by atoms with Crippen LogP contribution < -0.4 is 0 Å². The molecule has 1 aliphatic rings. The van der Waals surface area contributed by atoms with E-state index in [9.17, 15) is 0 Å². The van der Waals surface area contributed by atoms with E-state index in [0.29, 0.717) is 0 Å². The fraction of sp³-hybridized carbons (Fsp3) is 1.00. The highest BCUT2D eigenvalue weighted by Gasteiger charge is 2.38. The van der Waals surface area contributed by atoms with Gasteiger partial charge >= 0.3 is 0 Å². The number of hydrogen-bond acceptors (Lipinski definition) is 2. The van der Waals surface area contributed by atoms with Gasteiger partial charge in [-0.05, 0) is 18.8 Å². The predicted molar refractivity (Wildman–Crippen MR) is 75.1 cm³/mol. The van der Waals surface area contributed by atoms with Gasteiger partial charge in [0.2, 0.25) is 0 Å². The SMILES string of the molecule is C[SiH2]OC(O[SiH2]C)C(C)(C)C1CCCCC1. The summed E-state index contributed by atoms with van der Waals surface area (Å²) < 4.78 is 11.9. The van der Waals surface area contributed by atoms with Crippen LogP contribution in [0.1, 0.15) is 46.0 Å². The Labute approximate surface area is 105 Å². The predicted octanol–water partition coefficient (Wildman–Crippen LogP) is 2.22. The molecule has 0 saturated heterocycles. The highest BCUT2D eigenvalue weighted by molar-refractivity contribution is 6.26. The van der Waals surface area contributed by atoms with Gasteiger partial charge in [-0.25, -0.2) is 0 Å². The van der Waals surface area contributed by atoms with Crippen LogP contribution in [0.15, 0.2) is 0 Å². The van der Waals surface area contributed by atoms with Crippen LogP contribution in [-0.4, -0.2) is 25.8 Å². The lowest BCUT2D eigenvalue weighted by atomic mass is 9.71. The monoisotopic (exact) mass is 260 g/mol. The van der Waals surface area contributed by atoms with E-state index in [4.69, 9.17) is 8.85 Å². The van der Waals surface area contributed by atoms with Crippen LogP contribution in [0.2, 0.25) is 13.1 Å². The molecule has 0 atom stereocenters. The van der Waals surface area contributed by atoms with E-state index in [1.54, 1.807) is 0 Å². The zero-order chi connectivity index (χ0) is 12.0. The van der Waals surface area contributed by atoms with Crippen molar-refractivity contribution in [1.82, 2.24) is 0 Å². The van der Waals surface area contributed by atoms with Crippen LogP contribution in [0.4, 0.5) is 0 Å². The van der Waals surface area contributed by atoms with Crippen molar-refractivity contribution in [2.75, 3.05) is 0 Å². The molecule has 0 heterocycles. The molecule has 0 aromatic heterocycles. The van der Waals surface area contributed by atoms with Gasteiger partial charge in [-0.15, -0.1) is 0 Å². The average Bonchev–Trinajstić information content (AvgIpc) is 2.30. The Kier molecular flexibility index (Phi) is 6.25. The summed E-state index contributed by atoms with van der Waals surface area (Å²) in [5.74, 6) is 0.798. The van der Waals surface area contributed by atoms with Crippen molar-refractivity contribution < 1.29 is 8.85 Å². The molecule has 1 saturated carbocycles. The summed E-state index contributed by atoms with van der Waals surface area (Å²) >= 11 is 0. The molecule has 0 bridgehead atoms. The second-order valence-electron chi connectivity index (χ2n) is 5.40. The van der Waals surface area contributed by atoms with Gasteiger partial charge in [-0.1, -0.05) is 46.2 Å². The van der Waals surface area contributed by atoms with E-state index in [2.05, 4.69) is 26.9 Å². The second-order valence-corrected chi connectivity index (χ2v) is 7.22. The van der Waals surface area contributed by atoms with Gasteiger partial charge in [0.25, 0.3) is 0 Å². The Morgan fingerprint density at radius 2 is 1.50 bits per heavy atom. The van der Waals surface area contributed by atoms with Gasteiger partial charge in [0, 0.05) is 5.41 Å². The van der Waals surface area contributed by atoms with Crippen molar-refractivity contribution in [3.05, 3.63) is 0 Å². The minimum atomic E-state index is -0.372. The summed E-state index contributed by atoms with van der Waals surface area (Å²) in [5, 5.41) is 0. The lowest BCUT2D eigenvalue weighted by molar-refractivity contribution is -0.110. The summed E-state index contributed by atoms with van der Waals surface area (Å²) in [4.78, 5) is 0. The Balaban J connectivity index is 2.61. The molecule has 0 aromatic rings. The van der Waals surface area contributed by atoms with Gasteiger partial charge in [0.15, 0.2) is 19.5 Å². The Bertz CT molecular complexity index is 185. The van der Waals surface area contributed by atoms with E-state index < -0.39 is 0 Å². The van der Waals surface area contributed by atoms with Crippen molar-refractivity contribution in [2.24, 2.45) is 11.3 Å². The third-order valence-electron chi connectivity index (χ3n) is 3.90. The lowest BCUT2D eigenvalue weighted by Gasteiger charge is -2.42. The van der Waals surface area contributed by atoms with Crippen LogP contribution in [-0.2, 0) is 8.85 Å². The smallest absolute Gasteiger partial charge is 0.161 e. The van der Waals surface area contributed by atoms with Gasteiger partial charge < -0.3 is 8.85 Å². The molecule has 1 rings (SSSR count). The maximum atomic E-state index is 5.95. The van der Waals surface area contributed by atoms with Crippen molar-refractivity contribution in [2.45, 2.75) is 65.3 Å². The van der Waals surface area contributed by atoms with Crippen molar-refractivity contribution in [3.63, 3.8) is 0 Å². The van der Waals surface area contributed by atoms with Gasteiger partial charge in [-0.3, -0.25) is 0 Å². The second kappa shape index (κ2) is 6.94. The minimum Gasteiger partial charge on any atom is -0.400 e. The molecule has 0 aromatic carbocycles. The molecular formula is C12H28O2Si2. The maximum Gasteiger partial charge on any atom is 0.161 e. The normalized spacial score (nSPS) is 22.5. The molecule has 1 fully saturated rings. The molecule has 1 aliphatic carbocycles. The van der Waals surface area contributed by atoms with Crippen LogP contribution in [0.25, 0.3) is 0 Å². The summed E-state index contributed by atoms with van der Waals surface area (Å²) in [7, 11) is -0.744. The van der Waals surface area contributed by atoms with E-state index in [1.807, 2.05) is 0 Å². The van der Waals surface area contributed by atoms with Gasteiger partial charge in [0.1, 0.15) is 6.29 Å². The summed E-state index contributed by atoms with van der Waals surface area (Å²) in [6.45, 7) is 9.10. The molecule has 4 heteroatoms. The van der Waals surface area contributed by atoms with Crippen LogP contribution in [0.3, 0.4) is 0 Å². The molecule has 0 amide bonds. The largest absolute Gasteiger partial charge is 0.400 e. The summed E-state index contributed by atoms with van der Waals surface area (Å²) in [6.07, 6.45) is 7.04. The van der Waals surface area contributed by atoms with Crippen LogP contribution >= 0.6 is 0 Å². The van der Waals surface area contributed by atoms with Crippen molar-refractivity contribution >= 4 is 19.5 Å². The Morgan fingerprint density at radius 1 is 1.00 bits per heavy atom. The minimum absolute atomic E-state index is 0.0870. The van der Waals surface area contributed by atoms with E-state index in [-0.39, 0.29) is 31.2 Å². The zero-order valence-corrected chi connectivity index (χ0v) is 14.2. The maximum absolute atomic E-state index is 5.95. The molecule has 2 nitrogen and oxygen atoms in total. The summed E-state index contributed by atoms with van der Waals surface area (Å²) in [5.41, 5.74) is 0.215. The number of hydrogen-bond donors (Lipinski definition) is 0. The van der Waals surface area contributed by atoms with E-state index in [0.717, 1.165) is 5.92 Å². The van der Waals surface area contributed by atoms with Crippen molar-refractivity contribution in [3.8, 4) is 0 Å². The molecule has 0 aliphatic heterocycles. The average molecular weight is 261 g/mol. The molecule has 0 N–H and O–H groups in total. The molecular weight excluding hydrogens is 232 g/mol. The first kappa shape index (κ1) is 14.4. The van der Waals surface area contributed by atoms with Gasteiger partial charge in [-0.2, -0.15) is 0 Å². The van der Waals surface area contributed by atoms with Gasteiger partial charge in [0.05, 0.1) is 0 Å². The van der Waals surface area contributed by atoms with Crippen LogP contribution in [0, 0.1) is 11.3 Å². The Hall–Kier alpha value is 0.354. The third kappa shape index (κ3) is 3.69. The molecule has 16 heavy (non-hydrogen) atoms. The lowest BCUT2D eigenvalue weighted by Crippen LogP contribution is -2.42. The first-order chi connectivity index (χ1) is 7.62. The summed E-state index contributed by atoms with van der Waals surface area (Å²) in [6, 6.07) is 0. The third-order valence-corrected chi connectivity index (χ3v) is 5.17. The molecule has 0 unspecified atom stereocenters. The molecule has 96 valence electrons. The first-order valence-corrected chi connectivity index (χ1v) is 10.8. The highest BCUT2D eigenvalue weighted by atomic mass is 28.2. The fourth-order valence-corrected chi connectivity index (χ4v) is 4.67.